The van der Waals surface area contributed by atoms with Crippen LogP contribution in [0.5, 0.6) is 0 Å². The van der Waals surface area contributed by atoms with Gasteiger partial charge < -0.3 is 10.1 Å². The molecule has 2 aromatic carbocycles. The summed E-state index contributed by atoms with van der Waals surface area (Å²) in [5, 5.41) is 6.81. The van der Waals surface area contributed by atoms with Crippen LogP contribution in [-0.2, 0) is 10.2 Å². The molecule has 1 amide bonds. The molecule has 1 saturated heterocycles. The molecule has 2 aromatic rings. The first-order valence-corrected chi connectivity index (χ1v) is 11.4. The number of carbonyl (C=O) groups excluding carboxylic acids is 1. The number of amides is 1. The van der Waals surface area contributed by atoms with Gasteiger partial charge in [-0.3, -0.25) is 20.0 Å². The predicted octanol–water partition coefficient (Wildman–Crippen LogP) is 4.48. The van der Waals surface area contributed by atoms with Crippen LogP contribution < -0.4 is 10.6 Å². The van der Waals surface area contributed by atoms with Gasteiger partial charge in [0, 0.05) is 35.9 Å². The molecule has 0 aliphatic carbocycles. The standard InChI is InChI=1S/C25H33ClN4O2/c1-18-5-10-21(26)17-22(18)28-24(27-11-12-30-13-15-32-16-14-30)29-23(31)19-6-8-20(9-7-19)25(2,3)4/h5-10,17H,11-16H2,1-4H3,(H2,27,28,29,31). The first-order chi connectivity index (χ1) is 15.2. The number of halogens is 1. The molecule has 3 rings (SSSR count). The summed E-state index contributed by atoms with van der Waals surface area (Å²) in [6.07, 6.45) is 0. The third-order valence-corrected chi connectivity index (χ3v) is 5.72. The van der Waals surface area contributed by atoms with Crippen molar-refractivity contribution in [2.75, 3.05) is 44.7 Å². The second-order valence-electron chi connectivity index (χ2n) is 9.05. The summed E-state index contributed by atoms with van der Waals surface area (Å²) in [6.45, 7) is 13.1. The number of hydrogen-bond acceptors (Lipinski definition) is 4. The Bertz CT molecular complexity index is 945. The number of morpholine rings is 1. The van der Waals surface area contributed by atoms with Crippen LogP contribution in [0.2, 0.25) is 5.02 Å². The van der Waals surface area contributed by atoms with E-state index in [4.69, 9.17) is 16.3 Å². The van der Waals surface area contributed by atoms with Gasteiger partial charge >= 0.3 is 0 Å². The lowest BCUT2D eigenvalue weighted by Gasteiger charge is -2.25. The smallest absolute Gasteiger partial charge is 0.257 e. The van der Waals surface area contributed by atoms with E-state index in [9.17, 15) is 4.79 Å². The largest absolute Gasteiger partial charge is 0.379 e. The molecule has 0 unspecified atom stereocenters. The number of aliphatic imine (C=N–C) groups is 1. The molecule has 2 N–H and O–H groups in total. The van der Waals surface area contributed by atoms with Crippen molar-refractivity contribution >= 4 is 29.2 Å². The Labute approximate surface area is 196 Å². The van der Waals surface area contributed by atoms with Crippen molar-refractivity contribution in [3.63, 3.8) is 0 Å². The number of hydrogen-bond donors (Lipinski definition) is 2. The lowest BCUT2D eigenvalue weighted by Crippen LogP contribution is -2.39. The topological polar surface area (TPSA) is 66.0 Å². The van der Waals surface area contributed by atoms with E-state index in [1.165, 1.54) is 5.56 Å². The molecule has 0 spiro atoms. The minimum atomic E-state index is -0.206. The van der Waals surface area contributed by atoms with Gasteiger partial charge in [0.05, 0.1) is 19.8 Å². The van der Waals surface area contributed by atoms with Crippen molar-refractivity contribution in [1.29, 1.82) is 0 Å². The summed E-state index contributed by atoms with van der Waals surface area (Å²) >= 11 is 6.17. The van der Waals surface area contributed by atoms with Crippen molar-refractivity contribution in [3.8, 4) is 0 Å². The fraction of sp³-hybridized carbons (Fsp3) is 0.440. The number of aryl methyl sites for hydroxylation is 1. The molecule has 6 nitrogen and oxygen atoms in total. The number of ether oxygens (including phenoxy) is 1. The zero-order chi connectivity index (χ0) is 23.1. The van der Waals surface area contributed by atoms with E-state index in [1.54, 1.807) is 0 Å². The fourth-order valence-electron chi connectivity index (χ4n) is 3.40. The maximum atomic E-state index is 12.9. The highest BCUT2D eigenvalue weighted by Gasteiger charge is 2.16. The van der Waals surface area contributed by atoms with Crippen LogP contribution in [0, 0.1) is 6.92 Å². The van der Waals surface area contributed by atoms with Crippen LogP contribution in [0.25, 0.3) is 0 Å². The Kier molecular flexibility index (Phi) is 8.29. The van der Waals surface area contributed by atoms with E-state index in [0.29, 0.717) is 23.1 Å². The Morgan fingerprint density at radius 2 is 1.81 bits per heavy atom. The molecule has 7 heteroatoms. The van der Waals surface area contributed by atoms with Gasteiger partial charge in [-0.15, -0.1) is 0 Å². The van der Waals surface area contributed by atoms with E-state index in [0.717, 1.165) is 44.1 Å². The van der Waals surface area contributed by atoms with E-state index >= 15 is 0 Å². The van der Waals surface area contributed by atoms with Crippen LogP contribution >= 0.6 is 11.6 Å². The average Bonchev–Trinajstić information content (AvgIpc) is 2.76. The molecule has 0 aromatic heterocycles. The van der Waals surface area contributed by atoms with Gasteiger partial charge in [-0.1, -0.05) is 50.6 Å². The summed E-state index contributed by atoms with van der Waals surface area (Å²) in [4.78, 5) is 19.9. The number of rotatable bonds is 5. The molecule has 0 atom stereocenters. The van der Waals surface area contributed by atoms with Crippen molar-refractivity contribution in [3.05, 3.63) is 64.2 Å². The van der Waals surface area contributed by atoms with Gasteiger partial charge in [0.1, 0.15) is 0 Å². The third kappa shape index (κ3) is 7.05. The van der Waals surface area contributed by atoms with Crippen LogP contribution in [0.15, 0.2) is 47.5 Å². The van der Waals surface area contributed by atoms with Crippen molar-refractivity contribution < 1.29 is 9.53 Å². The molecule has 1 aliphatic heterocycles. The quantitative estimate of drug-likeness (QED) is 0.514. The first-order valence-electron chi connectivity index (χ1n) is 11.0. The molecule has 32 heavy (non-hydrogen) atoms. The third-order valence-electron chi connectivity index (χ3n) is 5.49. The Balaban J connectivity index is 1.73. The molecular weight excluding hydrogens is 424 g/mol. The fourth-order valence-corrected chi connectivity index (χ4v) is 3.57. The van der Waals surface area contributed by atoms with Gasteiger partial charge in [-0.25, -0.2) is 0 Å². The maximum absolute atomic E-state index is 12.9. The minimum absolute atomic E-state index is 0.0345. The summed E-state index contributed by atoms with van der Waals surface area (Å²) in [6, 6.07) is 13.3. The second-order valence-corrected chi connectivity index (χ2v) is 9.49. The first kappa shape index (κ1) is 24.2. The molecule has 1 heterocycles. The lowest BCUT2D eigenvalue weighted by molar-refractivity contribution is 0.0394. The Morgan fingerprint density at radius 3 is 2.47 bits per heavy atom. The number of guanidine groups is 1. The van der Waals surface area contributed by atoms with Crippen LogP contribution in [0.3, 0.4) is 0 Å². The normalized spacial score (nSPS) is 15.5. The van der Waals surface area contributed by atoms with E-state index in [1.807, 2.05) is 49.4 Å². The summed E-state index contributed by atoms with van der Waals surface area (Å²) in [5.74, 6) is 0.205. The van der Waals surface area contributed by atoms with Gasteiger partial charge in [-0.2, -0.15) is 0 Å². The minimum Gasteiger partial charge on any atom is -0.379 e. The monoisotopic (exact) mass is 456 g/mol. The molecule has 1 fully saturated rings. The van der Waals surface area contributed by atoms with Crippen LogP contribution in [0.1, 0.15) is 42.3 Å². The van der Waals surface area contributed by atoms with Crippen molar-refractivity contribution in [1.82, 2.24) is 10.2 Å². The highest BCUT2D eigenvalue weighted by atomic mass is 35.5. The number of carbonyl (C=O) groups is 1. The zero-order valence-corrected chi connectivity index (χ0v) is 20.1. The van der Waals surface area contributed by atoms with Gasteiger partial charge in [-0.05, 0) is 47.7 Å². The van der Waals surface area contributed by atoms with Crippen molar-refractivity contribution in [2.45, 2.75) is 33.1 Å². The Morgan fingerprint density at radius 1 is 1.12 bits per heavy atom. The molecule has 0 radical (unpaired) electrons. The van der Waals surface area contributed by atoms with Crippen molar-refractivity contribution in [2.24, 2.45) is 4.99 Å². The van der Waals surface area contributed by atoms with E-state index < -0.39 is 0 Å². The van der Waals surface area contributed by atoms with Gasteiger partial charge in [0.2, 0.25) is 5.96 Å². The zero-order valence-electron chi connectivity index (χ0n) is 19.4. The Hall–Kier alpha value is -2.41. The molecule has 0 bridgehead atoms. The number of anilines is 1. The molecule has 172 valence electrons. The predicted molar refractivity (Wildman–Crippen MR) is 132 cm³/mol. The number of nitrogens with zero attached hydrogens (tertiary/aromatic N) is 2. The average molecular weight is 457 g/mol. The van der Waals surface area contributed by atoms with Crippen LogP contribution in [0.4, 0.5) is 5.69 Å². The summed E-state index contributed by atoms with van der Waals surface area (Å²) in [5.41, 5.74) is 3.63. The highest BCUT2D eigenvalue weighted by molar-refractivity contribution is 6.31. The second kappa shape index (κ2) is 10.9. The highest BCUT2D eigenvalue weighted by Crippen LogP contribution is 2.22. The van der Waals surface area contributed by atoms with E-state index in [-0.39, 0.29) is 11.3 Å². The van der Waals surface area contributed by atoms with Crippen LogP contribution in [-0.4, -0.2) is 56.2 Å². The molecular formula is C25H33ClN4O2. The number of nitrogens with one attached hydrogen (secondary N) is 2. The molecule has 0 saturated carbocycles. The molecule has 1 aliphatic rings. The van der Waals surface area contributed by atoms with Gasteiger partial charge in [0.15, 0.2) is 0 Å². The van der Waals surface area contributed by atoms with Gasteiger partial charge in [0.25, 0.3) is 5.91 Å². The van der Waals surface area contributed by atoms with E-state index in [2.05, 4.69) is 41.3 Å². The maximum Gasteiger partial charge on any atom is 0.257 e. The number of benzene rings is 2. The SMILES string of the molecule is Cc1ccc(Cl)cc1NC(=NCCN1CCOCC1)NC(=O)c1ccc(C(C)(C)C)cc1. The summed E-state index contributed by atoms with van der Waals surface area (Å²) in [7, 11) is 0. The lowest BCUT2D eigenvalue weighted by atomic mass is 9.87. The summed E-state index contributed by atoms with van der Waals surface area (Å²) < 4.78 is 5.40.